The highest BCUT2D eigenvalue weighted by Gasteiger charge is 2.22. The van der Waals surface area contributed by atoms with Gasteiger partial charge in [-0.05, 0) is 37.0 Å². The Morgan fingerprint density at radius 2 is 2.12 bits per heavy atom. The molecular formula is C18H24ClN3O4. The van der Waals surface area contributed by atoms with E-state index in [0.29, 0.717) is 22.4 Å². The zero-order valence-corrected chi connectivity index (χ0v) is 15.7. The molecule has 142 valence electrons. The van der Waals surface area contributed by atoms with Crippen LogP contribution in [-0.2, 0) is 14.4 Å². The van der Waals surface area contributed by atoms with Gasteiger partial charge >= 0.3 is 0 Å². The Hall–Kier alpha value is -2.28. The number of benzene rings is 1. The minimum absolute atomic E-state index is 0.183. The summed E-state index contributed by atoms with van der Waals surface area (Å²) < 4.78 is 5.14. The summed E-state index contributed by atoms with van der Waals surface area (Å²) in [4.78, 5) is 28.6. The van der Waals surface area contributed by atoms with E-state index in [1.165, 1.54) is 13.5 Å². The first kappa shape index (κ1) is 20.0. The minimum Gasteiger partial charge on any atom is -0.495 e. The smallest absolute Gasteiger partial charge is 0.270 e. The van der Waals surface area contributed by atoms with Crippen molar-refractivity contribution in [2.45, 2.75) is 38.6 Å². The van der Waals surface area contributed by atoms with Crippen molar-refractivity contribution in [3.63, 3.8) is 0 Å². The molecule has 2 rings (SSSR count). The van der Waals surface area contributed by atoms with E-state index < -0.39 is 5.91 Å². The van der Waals surface area contributed by atoms with Crippen LogP contribution in [0.15, 0.2) is 23.4 Å². The van der Waals surface area contributed by atoms with Gasteiger partial charge in [-0.1, -0.05) is 36.5 Å². The van der Waals surface area contributed by atoms with E-state index in [9.17, 15) is 9.59 Å². The second-order valence-corrected chi connectivity index (χ2v) is 6.71. The fourth-order valence-electron chi connectivity index (χ4n) is 2.90. The van der Waals surface area contributed by atoms with Crippen molar-refractivity contribution < 1.29 is 19.2 Å². The number of hydrogen-bond acceptors (Lipinski definition) is 5. The standard InChI is InChI=1S/C18H24ClN3O4/c1-12-5-3-4-6-14(12)21-18(24)11-26-20-10-17(23)22-15-9-13(19)7-8-16(15)25-2/h7-10,12,14H,3-6,11H2,1-2H3,(H,21,24)(H,22,23)/b20-10-/t12-,14-/m0/s1. The summed E-state index contributed by atoms with van der Waals surface area (Å²) in [6.07, 6.45) is 5.40. The van der Waals surface area contributed by atoms with Gasteiger partial charge in [-0.15, -0.1) is 0 Å². The van der Waals surface area contributed by atoms with Crippen molar-refractivity contribution in [1.29, 1.82) is 0 Å². The van der Waals surface area contributed by atoms with Gasteiger partial charge < -0.3 is 20.2 Å². The predicted molar refractivity (Wildman–Crippen MR) is 101 cm³/mol. The summed E-state index contributed by atoms with van der Waals surface area (Å²) in [7, 11) is 1.49. The van der Waals surface area contributed by atoms with Crippen molar-refractivity contribution in [2.24, 2.45) is 11.1 Å². The van der Waals surface area contributed by atoms with Gasteiger partial charge in [-0.2, -0.15) is 0 Å². The molecular weight excluding hydrogens is 358 g/mol. The van der Waals surface area contributed by atoms with Gasteiger partial charge in [0, 0.05) is 11.1 Å². The summed E-state index contributed by atoms with van der Waals surface area (Å²) in [5.74, 6) is 0.178. The van der Waals surface area contributed by atoms with Crippen LogP contribution in [0.2, 0.25) is 5.02 Å². The van der Waals surface area contributed by atoms with E-state index in [-0.39, 0.29) is 18.6 Å². The van der Waals surface area contributed by atoms with Gasteiger partial charge in [0.25, 0.3) is 11.8 Å². The van der Waals surface area contributed by atoms with Crippen LogP contribution < -0.4 is 15.4 Å². The van der Waals surface area contributed by atoms with Gasteiger partial charge in [0.05, 0.1) is 12.8 Å². The van der Waals surface area contributed by atoms with Gasteiger partial charge in [-0.3, -0.25) is 9.59 Å². The van der Waals surface area contributed by atoms with Crippen LogP contribution >= 0.6 is 11.6 Å². The maximum absolute atomic E-state index is 11.9. The summed E-state index contributed by atoms with van der Waals surface area (Å²) in [5, 5.41) is 9.52. The maximum atomic E-state index is 11.9. The number of halogens is 1. The van der Waals surface area contributed by atoms with Crippen LogP contribution in [-0.4, -0.2) is 37.8 Å². The maximum Gasteiger partial charge on any atom is 0.270 e. The third kappa shape index (κ3) is 6.22. The monoisotopic (exact) mass is 381 g/mol. The second-order valence-electron chi connectivity index (χ2n) is 6.28. The SMILES string of the molecule is COc1ccc(Cl)cc1NC(=O)/C=N\OCC(=O)N[C@H]1CCCC[C@@H]1C. The van der Waals surface area contributed by atoms with Crippen molar-refractivity contribution in [3.05, 3.63) is 23.2 Å². The molecule has 2 amide bonds. The molecule has 26 heavy (non-hydrogen) atoms. The van der Waals surface area contributed by atoms with E-state index in [0.717, 1.165) is 25.5 Å². The summed E-state index contributed by atoms with van der Waals surface area (Å²) in [5.41, 5.74) is 0.417. The average molecular weight is 382 g/mol. The molecule has 7 nitrogen and oxygen atoms in total. The van der Waals surface area contributed by atoms with Crippen LogP contribution in [0.1, 0.15) is 32.6 Å². The number of anilines is 1. The zero-order valence-electron chi connectivity index (χ0n) is 15.0. The molecule has 2 atom stereocenters. The number of ether oxygens (including phenoxy) is 1. The first-order valence-corrected chi connectivity index (χ1v) is 8.96. The highest BCUT2D eigenvalue weighted by molar-refractivity contribution is 6.33. The van der Waals surface area contributed by atoms with Crippen LogP contribution in [0.25, 0.3) is 0 Å². The van der Waals surface area contributed by atoms with Crippen LogP contribution in [0.4, 0.5) is 5.69 Å². The molecule has 0 heterocycles. The van der Waals surface area contributed by atoms with Crippen molar-refractivity contribution in [2.75, 3.05) is 19.0 Å². The van der Waals surface area contributed by atoms with E-state index in [1.54, 1.807) is 18.2 Å². The summed E-state index contributed by atoms with van der Waals surface area (Å²) in [6.45, 7) is 1.91. The minimum atomic E-state index is -0.521. The number of rotatable bonds is 7. The molecule has 1 aliphatic carbocycles. The Labute approximate surface area is 158 Å². The predicted octanol–water partition coefficient (Wildman–Crippen LogP) is 2.98. The van der Waals surface area contributed by atoms with E-state index in [4.69, 9.17) is 21.2 Å². The fourth-order valence-corrected chi connectivity index (χ4v) is 3.08. The lowest BCUT2D eigenvalue weighted by atomic mass is 9.86. The lowest BCUT2D eigenvalue weighted by molar-refractivity contribution is -0.127. The molecule has 8 heteroatoms. The Morgan fingerprint density at radius 1 is 1.35 bits per heavy atom. The number of nitrogens with zero attached hydrogens (tertiary/aromatic N) is 1. The Balaban J connectivity index is 1.75. The lowest BCUT2D eigenvalue weighted by Gasteiger charge is -2.29. The molecule has 2 N–H and O–H groups in total. The largest absolute Gasteiger partial charge is 0.495 e. The molecule has 0 aliphatic heterocycles. The van der Waals surface area contributed by atoms with E-state index in [2.05, 4.69) is 22.7 Å². The Morgan fingerprint density at radius 3 is 2.85 bits per heavy atom. The number of nitrogens with one attached hydrogen (secondary N) is 2. The molecule has 1 aromatic rings. The normalized spacial score (nSPS) is 19.8. The van der Waals surface area contributed by atoms with Gasteiger partial charge in [0.15, 0.2) is 6.61 Å². The first-order chi connectivity index (χ1) is 12.5. The Kier molecular flexibility index (Phi) is 7.72. The van der Waals surface area contributed by atoms with Crippen LogP contribution in [0.3, 0.4) is 0 Å². The van der Waals surface area contributed by atoms with Crippen molar-refractivity contribution in [3.8, 4) is 5.75 Å². The van der Waals surface area contributed by atoms with E-state index >= 15 is 0 Å². The number of oxime groups is 1. The third-order valence-electron chi connectivity index (χ3n) is 4.32. The van der Waals surface area contributed by atoms with Crippen LogP contribution in [0.5, 0.6) is 5.75 Å². The number of carbonyl (C=O) groups excluding carboxylic acids is 2. The van der Waals surface area contributed by atoms with Gasteiger partial charge in [-0.25, -0.2) is 0 Å². The highest BCUT2D eigenvalue weighted by Crippen LogP contribution is 2.27. The topological polar surface area (TPSA) is 89.0 Å². The lowest BCUT2D eigenvalue weighted by Crippen LogP contribution is -2.42. The number of hydrogen-bond donors (Lipinski definition) is 2. The van der Waals surface area contributed by atoms with Gasteiger partial charge in [0.2, 0.25) is 0 Å². The van der Waals surface area contributed by atoms with E-state index in [1.807, 2.05) is 0 Å². The molecule has 0 aromatic heterocycles. The quantitative estimate of drug-likeness (QED) is 0.561. The zero-order chi connectivity index (χ0) is 18.9. The van der Waals surface area contributed by atoms with Gasteiger partial charge in [0.1, 0.15) is 12.0 Å². The Bertz CT molecular complexity index is 666. The number of methoxy groups -OCH3 is 1. The molecule has 0 unspecified atom stereocenters. The second kappa shape index (κ2) is 10.0. The summed E-state index contributed by atoms with van der Waals surface area (Å²) >= 11 is 5.90. The first-order valence-electron chi connectivity index (χ1n) is 8.59. The molecule has 1 saturated carbocycles. The average Bonchev–Trinajstić information content (AvgIpc) is 2.61. The third-order valence-corrected chi connectivity index (χ3v) is 4.55. The molecule has 1 aromatic carbocycles. The number of carbonyl (C=O) groups is 2. The molecule has 0 spiro atoms. The van der Waals surface area contributed by atoms with Crippen molar-refractivity contribution >= 4 is 35.3 Å². The summed E-state index contributed by atoms with van der Waals surface area (Å²) in [6, 6.07) is 5.04. The molecule has 0 saturated heterocycles. The molecule has 1 fully saturated rings. The number of amides is 2. The van der Waals surface area contributed by atoms with Crippen LogP contribution in [0, 0.1) is 5.92 Å². The fraction of sp³-hybridized carbons (Fsp3) is 0.500. The van der Waals surface area contributed by atoms with Crippen molar-refractivity contribution in [1.82, 2.24) is 5.32 Å². The highest BCUT2D eigenvalue weighted by atomic mass is 35.5. The molecule has 0 bridgehead atoms. The molecule has 0 radical (unpaired) electrons. The molecule has 1 aliphatic rings.